The van der Waals surface area contributed by atoms with Crippen LogP contribution in [0.2, 0.25) is 0 Å². The van der Waals surface area contributed by atoms with Crippen molar-refractivity contribution in [1.29, 1.82) is 0 Å². The molecule has 0 radical (unpaired) electrons. The summed E-state index contributed by atoms with van der Waals surface area (Å²) in [4.78, 5) is 24.0. The van der Waals surface area contributed by atoms with Gasteiger partial charge in [-0.15, -0.1) is 0 Å². The number of aliphatic carboxylic acids is 1. The third kappa shape index (κ3) is 3.12. The van der Waals surface area contributed by atoms with Crippen LogP contribution in [0.1, 0.15) is 32.6 Å². The molecule has 86 valence electrons. The summed E-state index contributed by atoms with van der Waals surface area (Å²) < 4.78 is 0. The van der Waals surface area contributed by atoms with Gasteiger partial charge in [0.25, 0.3) is 0 Å². The van der Waals surface area contributed by atoms with Crippen LogP contribution in [0.4, 0.5) is 0 Å². The SMILES string of the molecule is CCCC[C@@H](C(=O)O)N1CC(S)CC1=O. The molecule has 5 heteroatoms. The van der Waals surface area contributed by atoms with Crippen LogP contribution in [-0.4, -0.2) is 39.7 Å². The van der Waals surface area contributed by atoms with E-state index in [0.717, 1.165) is 12.8 Å². The van der Waals surface area contributed by atoms with Crippen LogP contribution in [-0.2, 0) is 9.59 Å². The van der Waals surface area contributed by atoms with Crippen LogP contribution >= 0.6 is 12.6 Å². The van der Waals surface area contributed by atoms with E-state index in [2.05, 4.69) is 12.6 Å². The lowest BCUT2D eigenvalue weighted by atomic mass is 10.1. The fraction of sp³-hybridized carbons (Fsp3) is 0.800. The fourth-order valence-electron chi connectivity index (χ4n) is 1.82. The van der Waals surface area contributed by atoms with Gasteiger partial charge in [0.15, 0.2) is 0 Å². The van der Waals surface area contributed by atoms with E-state index in [1.54, 1.807) is 0 Å². The van der Waals surface area contributed by atoms with Crippen molar-refractivity contribution >= 4 is 24.5 Å². The molecule has 2 atom stereocenters. The summed E-state index contributed by atoms with van der Waals surface area (Å²) in [5.74, 6) is -0.988. The maximum atomic E-state index is 11.5. The third-order valence-electron chi connectivity index (χ3n) is 2.63. The van der Waals surface area contributed by atoms with Crippen molar-refractivity contribution in [2.45, 2.75) is 43.9 Å². The third-order valence-corrected chi connectivity index (χ3v) is 2.98. The molecular formula is C10H17NO3S. The van der Waals surface area contributed by atoms with Crippen LogP contribution in [0.25, 0.3) is 0 Å². The Balaban J connectivity index is 2.63. The number of carboxylic acid groups (broad SMARTS) is 1. The van der Waals surface area contributed by atoms with Crippen LogP contribution in [0.3, 0.4) is 0 Å². The standard InChI is InChI=1S/C10H17NO3S/c1-2-3-4-8(10(13)14)11-6-7(15)5-9(11)12/h7-8,15H,2-6H2,1H3,(H,13,14)/t7?,8-/m0/s1. The molecule has 0 aromatic carbocycles. The second-order valence-corrected chi connectivity index (χ2v) is 4.63. The minimum Gasteiger partial charge on any atom is -0.480 e. The summed E-state index contributed by atoms with van der Waals surface area (Å²) in [6.07, 6.45) is 2.67. The lowest BCUT2D eigenvalue weighted by molar-refractivity contribution is -0.148. The Labute approximate surface area is 95.1 Å². The van der Waals surface area contributed by atoms with Gasteiger partial charge in [-0.25, -0.2) is 4.79 Å². The zero-order chi connectivity index (χ0) is 11.4. The smallest absolute Gasteiger partial charge is 0.326 e. The number of hydrogen-bond acceptors (Lipinski definition) is 3. The number of nitrogens with zero attached hydrogens (tertiary/aromatic N) is 1. The van der Waals surface area contributed by atoms with Crippen molar-refractivity contribution in [3.63, 3.8) is 0 Å². The highest BCUT2D eigenvalue weighted by Gasteiger charge is 2.35. The van der Waals surface area contributed by atoms with Gasteiger partial charge in [0, 0.05) is 18.2 Å². The van der Waals surface area contributed by atoms with Crippen LogP contribution < -0.4 is 0 Å². The van der Waals surface area contributed by atoms with E-state index in [0.29, 0.717) is 19.4 Å². The number of rotatable bonds is 5. The number of unbranched alkanes of at least 4 members (excludes halogenated alkanes) is 1. The highest BCUT2D eigenvalue weighted by molar-refractivity contribution is 7.81. The van der Waals surface area contributed by atoms with Crippen molar-refractivity contribution in [1.82, 2.24) is 4.90 Å². The molecule has 0 bridgehead atoms. The molecule has 0 spiro atoms. The molecule has 1 saturated heterocycles. The topological polar surface area (TPSA) is 57.6 Å². The molecule has 0 aliphatic carbocycles. The van der Waals surface area contributed by atoms with Crippen LogP contribution in [0.15, 0.2) is 0 Å². The van der Waals surface area contributed by atoms with Gasteiger partial charge in [-0.3, -0.25) is 4.79 Å². The van der Waals surface area contributed by atoms with Gasteiger partial charge < -0.3 is 10.0 Å². The predicted molar refractivity (Wildman–Crippen MR) is 60.1 cm³/mol. The molecule has 1 heterocycles. The summed E-state index contributed by atoms with van der Waals surface area (Å²) in [5, 5.41) is 9.03. The average molecular weight is 231 g/mol. The summed E-state index contributed by atoms with van der Waals surface area (Å²) in [7, 11) is 0. The molecule has 15 heavy (non-hydrogen) atoms. The van der Waals surface area contributed by atoms with E-state index in [9.17, 15) is 9.59 Å². The second-order valence-electron chi connectivity index (χ2n) is 3.90. The second kappa shape index (κ2) is 5.39. The summed E-state index contributed by atoms with van der Waals surface area (Å²) in [6, 6.07) is -0.658. The van der Waals surface area contributed by atoms with Crippen molar-refractivity contribution in [2.24, 2.45) is 0 Å². The van der Waals surface area contributed by atoms with Crippen molar-refractivity contribution in [3.05, 3.63) is 0 Å². The highest BCUT2D eigenvalue weighted by atomic mass is 32.1. The summed E-state index contributed by atoms with van der Waals surface area (Å²) in [5.41, 5.74) is 0. The maximum Gasteiger partial charge on any atom is 0.326 e. The van der Waals surface area contributed by atoms with E-state index in [1.807, 2.05) is 6.92 Å². The van der Waals surface area contributed by atoms with Gasteiger partial charge in [-0.2, -0.15) is 12.6 Å². The number of thiol groups is 1. The van der Waals surface area contributed by atoms with Crippen molar-refractivity contribution < 1.29 is 14.7 Å². The molecule has 1 fully saturated rings. The van der Waals surface area contributed by atoms with Crippen LogP contribution in [0.5, 0.6) is 0 Å². The zero-order valence-electron chi connectivity index (χ0n) is 8.85. The van der Waals surface area contributed by atoms with E-state index < -0.39 is 12.0 Å². The highest BCUT2D eigenvalue weighted by Crippen LogP contribution is 2.21. The minimum atomic E-state index is -0.903. The molecule has 0 saturated carbocycles. The number of carbonyl (C=O) groups is 2. The molecule has 4 nitrogen and oxygen atoms in total. The molecule has 1 rings (SSSR count). The summed E-state index contributed by atoms with van der Waals surface area (Å²) in [6.45, 7) is 2.47. The Morgan fingerprint density at radius 3 is 2.80 bits per heavy atom. The summed E-state index contributed by atoms with van der Waals surface area (Å²) >= 11 is 4.21. The first-order valence-corrected chi connectivity index (χ1v) is 5.78. The molecule has 1 N–H and O–H groups in total. The molecule has 1 unspecified atom stereocenters. The van der Waals surface area contributed by atoms with Gasteiger partial charge in [0.2, 0.25) is 5.91 Å². The van der Waals surface area contributed by atoms with Gasteiger partial charge in [0.05, 0.1) is 0 Å². The molecule has 0 aromatic rings. The monoisotopic (exact) mass is 231 g/mol. The number of hydrogen-bond donors (Lipinski definition) is 2. The van der Waals surface area contributed by atoms with Gasteiger partial charge in [-0.05, 0) is 6.42 Å². The Hall–Kier alpha value is -0.710. The lowest BCUT2D eigenvalue weighted by Gasteiger charge is -2.24. The molecular weight excluding hydrogens is 214 g/mol. The number of amides is 1. The molecule has 1 amide bonds. The Kier molecular flexibility index (Phi) is 4.45. The first kappa shape index (κ1) is 12.4. The van der Waals surface area contributed by atoms with Crippen molar-refractivity contribution in [3.8, 4) is 0 Å². The largest absolute Gasteiger partial charge is 0.480 e. The van der Waals surface area contributed by atoms with E-state index in [4.69, 9.17) is 5.11 Å². The number of likely N-dealkylation sites (tertiary alicyclic amines) is 1. The number of carbonyl (C=O) groups excluding carboxylic acids is 1. The van der Waals surface area contributed by atoms with E-state index in [-0.39, 0.29) is 11.2 Å². The van der Waals surface area contributed by atoms with Crippen LogP contribution in [0, 0.1) is 0 Å². The predicted octanol–water partition coefficient (Wildman–Crippen LogP) is 1.16. The Bertz CT molecular complexity index is 257. The first-order valence-electron chi connectivity index (χ1n) is 5.26. The van der Waals surface area contributed by atoms with Gasteiger partial charge in [-0.1, -0.05) is 19.8 Å². The first-order chi connectivity index (χ1) is 7.06. The molecule has 1 aliphatic rings. The van der Waals surface area contributed by atoms with Gasteiger partial charge >= 0.3 is 5.97 Å². The van der Waals surface area contributed by atoms with Gasteiger partial charge in [0.1, 0.15) is 6.04 Å². The van der Waals surface area contributed by atoms with E-state index >= 15 is 0 Å². The minimum absolute atomic E-state index is 0.0130. The zero-order valence-corrected chi connectivity index (χ0v) is 9.74. The number of carboxylic acids is 1. The fourth-order valence-corrected chi connectivity index (χ4v) is 2.16. The lowest BCUT2D eigenvalue weighted by Crippen LogP contribution is -2.42. The van der Waals surface area contributed by atoms with E-state index in [1.165, 1.54) is 4.90 Å². The Morgan fingerprint density at radius 2 is 2.40 bits per heavy atom. The maximum absolute atomic E-state index is 11.5. The quantitative estimate of drug-likeness (QED) is 0.698. The average Bonchev–Trinajstić information content (AvgIpc) is 2.46. The Morgan fingerprint density at radius 1 is 1.73 bits per heavy atom. The normalized spacial score (nSPS) is 23.2. The molecule has 1 aliphatic heterocycles. The van der Waals surface area contributed by atoms with Crippen molar-refractivity contribution in [2.75, 3.05) is 6.54 Å². The molecule has 0 aromatic heterocycles.